The van der Waals surface area contributed by atoms with E-state index in [0.29, 0.717) is 6.42 Å². The highest BCUT2D eigenvalue weighted by Gasteiger charge is 2.47. The molecule has 1 atom stereocenters. The molecule has 2 amide bonds. The molecular formula is C10H15N3O6S. The third-order valence-corrected chi connectivity index (χ3v) is 4.55. The van der Waals surface area contributed by atoms with Crippen molar-refractivity contribution in [1.82, 2.24) is 15.9 Å². The number of nitrogens with zero attached hydrogens (tertiary/aromatic N) is 1. The number of carbonyl (C=O) groups excluding carboxylic acids is 3. The minimum Gasteiger partial charge on any atom is -0.330 e. The smallest absolute Gasteiger partial charge is 0.330 e. The summed E-state index contributed by atoms with van der Waals surface area (Å²) in [4.78, 5) is 39.5. The predicted octanol–water partition coefficient (Wildman–Crippen LogP) is -1.78. The van der Waals surface area contributed by atoms with Crippen LogP contribution in [-0.4, -0.2) is 48.4 Å². The van der Waals surface area contributed by atoms with Crippen molar-refractivity contribution in [3.05, 3.63) is 0 Å². The molecule has 2 fully saturated rings. The number of sulfone groups is 1. The van der Waals surface area contributed by atoms with Gasteiger partial charge in [0.2, 0.25) is 0 Å². The zero-order chi connectivity index (χ0) is 15.1. The quantitative estimate of drug-likeness (QED) is 0.448. The van der Waals surface area contributed by atoms with E-state index in [1.165, 1.54) is 0 Å². The topological polar surface area (TPSA) is 142 Å². The van der Waals surface area contributed by atoms with E-state index in [1.54, 1.807) is 0 Å². The van der Waals surface area contributed by atoms with Gasteiger partial charge in [-0.2, -0.15) is 0 Å². The van der Waals surface area contributed by atoms with Gasteiger partial charge < -0.3 is 4.84 Å². The van der Waals surface area contributed by atoms with E-state index >= 15 is 0 Å². The van der Waals surface area contributed by atoms with Crippen LogP contribution in [0.4, 0.5) is 0 Å². The summed E-state index contributed by atoms with van der Waals surface area (Å²) < 4.78 is 22.7. The molecule has 0 spiro atoms. The van der Waals surface area contributed by atoms with Crippen LogP contribution in [0.5, 0.6) is 0 Å². The second-order valence-electron chi connectivity index (χ2n) is 5.09. The van der Waals surface area contributed by atoms with Crippen LogP contribution in [0.3, 0.4) is 0 Å². The molecule has 9 nitrogen and oxygen atoms in total. The first-order valence-electron chi connectivity index (χ1n) is 5.93. The first-order chi connectivity index (χ1) is 9.12. The molecule has 0 aromatic heterocycles. The molecule has 0 aromatic carbocycles. The lowest BCUT2D eigenvalue weighted by molar-refractivity contribution is -0.197. The monoisotopic (exact) mass is 305 g/mol. The largest absolute Gasteiger partial charge is 0.333 e. The number of hydrogen-bond donors (Lipinski definition) is 2. The number of carbonyl (C=O) groups is 3. The highest BCUT2D eigenvalue weighted by molar-refractivity contribution is 7.92. The maximum absolute atomic E-state index is 11.7. The fraction of sp³-hybridized carbons (Fsp3) is 0.700. The Morgan fingerprint density at radius 1 is 1.45 bits per heavy atom. The molecule has 20 heavy (non-hydrogen) atoms. The molecule has 2 aliphatic rings. The Kier molecular flexibility index (Phi) is 3.56. The summed E-state index contributed by atoms with van der Waals surface area (Å²) in [6, 6.07) is 0. The van der Waals surface area contributed by atoms with Gasteiger partial charge in [-0.15, -0.1) is 5.06 Å². The number of nitrogens with one attached hydrogen (secondary N) is 2. The molecule has 2 N–H and O–H groups in total. The molecule has 10 heteroatoms. The standard InChI is InChI=1S/C10H15N3O6S/c1-10(11-12-10)4-3-8(15)19-13-7(14)5-6(9(13)16)20(2,17)18/h6,11-12H,3-5H2,1-2H3. The van der Waals surface area contributed by atoms with Gasteiger partial charge in [0.15, 0.2) is 15.1 Å². The first-order valence-corrected chi connectivity index (χ1v) is 7.89. The second-order valence-corrected chi connectivity index (χ2v) is 7.32. The van der Waals surface area contributed by atoms with Gasteiger partial charge in [0.25, 0.3) is 11.8 Å². The van der Waals surface area contributed by atoms with Crippen LogP contribution >= 0.6 is 0 Å². The minimum absolute atomic E-state index is 0.0168. The van der Waals surface area contributed by atoms with E-state index in [-0.39, 0.29) is 17.1 Å². The first kappa shape index (κ1) is 14.9. The van der Waals surface area contributed by atoms with Crippen molar-refractivity contribution in [2.45, 2.75) is 37.1 Å². The van der Waals surface area contributed by atoms with Gasteiger partial charge in [0, 0.05) is 6.26 Å². The molecule has 2 saturated heterocycles. The average molecular weight is 305 g/mol. The fourth-order valence-electron chi connectivity index (χ4n) is 1.74. The van der Waals surface area contributed by atoms with E-state index in [0.717, 1.165) is 6.26 Å². The van der Waals surface area contributed by atoms with Crippen molar-refractivity contribution >= 4 is 27.6 Å². The van der Waals surface area contributed by atoms with Crippen molar-refractivity contribution in [2.24, 2.45) is 0 Å². The maximum Gasteiger partial charge on any atom is 0.333 e. The molecule has 0 saturated carbocycles. The van der Waals surface area contributed by atoms with E-state index in [1.807, 2.05) is 6.92 Å². The Morgan fingerprint density at radius 3 is 2.50 bits per heavy atom. The van der Waals surface area contributed by atoms with Crippen molar-refractivity contribution in [3.63, 3.8) is 0 Å². The van der Waals surface area contributed by atoms with Gasteiger partial charge in [-0.3, -0.25) is 9.59 Å². The third-order valence-electron chi connectivity index (χ3n) is 3.15. The average Bonchev–Trinajstić information content (AvgIpc) is 2.99. The predicted molar refractivity (Wildman–Crippen MR) is 65.1 cm³/mol. The Labute approximate surface area is 115 Å². The zero-order valence-electron chi connectivity index (χ0n) is 11.0. The third kappa shape index (κ3) is 3.14. The van der Waals surface area contributed by atoms with Crippen molar-refractivity contribution in [2.75, 3.05) is 6.26 Å². The molecule has 112 valence electrons. The Morgan fingerprint density at radius 2 is 2.05 bits per heavy atom. The number of amides is 2. The molecular weight excluding hydrogens is 290 g/mol. The lowest BCUT2D eigenvalue weighted by atomic mass is 10.1. The zero-order valence-corrected chi connectivity index (χ0v) is 11.8. The van der Waals surface area contributed by atoms with Crippen LogP contribution in [0.1, 0.15) is 26.2 Å². The summed E-state index contributed by atoms with van der Waals surface area (Å²) in [5.41, 5.74) is 5.30. The second kappa shape index (κ2) is 4.79. The van der Waals surface area contributed by atoms with Gasteiger partial charge in [0.1, 0.15) is 0 Å². The molecule has 1 unspecified atom stereocenters. The van der Waals surface area contributed by atoms with E-state index in [4.69, 9.17) is 0 Å². The molecule has 2 rings (SSSR count). The maximum atomic E-state index is 11.7. The lowest BCUT2D eigenvalue weighted by Gasteiger charge is -2.13. The van der Waals surface area contributed by atoms with Crippen LogP contribution in [0.25, 0.3) is 0 Å². The molecule has 0 aliphatic carbocycles. The molecule has 2 aliphatic heterocycles. The van der Waals surface area contributed by atoms with Crippen LogP contribution in [-0.2, 0) is 29.1 Å². The summed E-state index contributed by atoms with van der Waals surface area (Å²) >= 11 is 0. The van der Waals surface area contributed by atoms with Gasteiger partial charge in [-0.25, -0.2) is 24.1 Å². The van der Waals surface area contributed by atoms with Crippen LogP contribution < -0.4 is 10.9 Å². The Hall–Kier alpha value is -1.52. The number of hydroxylamine groups is 2. The van der Waals surface area contributed by atoms with E-state index < -0.39 is 39.3 Å². The van der Waals surface area contributed by atoms with Crippen molar-refractivity contribution in [3.8, 4) is 0 Å². The molecule has 2 heterocycles. The molecule has 0 radical (unpaired) electrons. The van der Waals surface area contributed by atoms with Crippen LogP contribution in [0, 0.1) is 0 Å². The lowest BCUT2D eigenvalue weighted by Crippen LogP contribution is -2.36. The van der Waals surface area contributed by atoms with Crippen LogP contribution in [0.2, 0.25) is 0 Å². The SMILES string of the molecule is CC1(CCC(=O)ON2C(=O)CC(S(C)(=O)=O)C2=O)NN1. The normalized spacial score (nSPS) is 24.9. The molecule has 0 bridgehead atoms. The molecule has 0 aromatic rings. The summed E-state index contributed by atoms with van der Waals surface area (Å²) in [5, 5.41) is -1.21. The summed E-state index contributed by atoms with van der Waals surface area (Å²) in [6.07, 6.45) is 0.764. The van der Waals surface area contributed by atoms with E-state index in [2.05, 4.69) is 15.7 Å². The van der Waals surface area contributed by atoms with Crippen molar-refractivity contribution in [1.29, 1.82) is 0 Å². The van der Waals surface area contributed by atoms with Crippen LogP contribution in [0.15, 0.2) is 0 Å². The summed E-state index contributed by atoms with van der Waals surface area (Å²) in [5.74, 6) is -2.61. The summed E-state index contributed by atoms with van der Waals surface area (Å²) in [6.45, 7) is 1.83. The van der Waals surface area contributed by atoms with Crippen molar-refractivity contribution < 1.29 is 27.6 Å². The van der Waals surface area contributed by atoms with Gasteiger partial charge in [-0.05, 0) is 13.3 Å². The summed E-state index contributed by atoms with van der Waals surface area (Å²) in [7, 11) is -3.70. The van der Waals surface area contributed by atoms with Gasteiger partial charge >= 0.3 is 5.97 Å². The Balaban J connectivity index is 1.93. The fourth-order valence-corrected chi connectivity index (χ4v) is 2.65. The Bertz CT molecular complexity index is 568. The minimum atomic E-state index is -3.70. The van der Waals surface area contributed by atoms with Gasteiger partial charge in [-0.1, -0.05) is 0 Å². The highest BCUT2D eigenvalue weighted by Crippen LogP contribution is 2.21. The van der Waals surface area contributed by atoms with E-state index in [9.17, 15) is 22.8 Å². The highest BCUT2D eigenvalue weighted by atomic mass is 32.2. The number of hydrazine groups is 1. The number of hydrogen-bond acceptors (Lipinski definition) is 8. The van der Waals surface area contributed by atoms with Gasteiger partial charge in [0.05, 0.1) is 18.5 Å². The number of rotatable bonds is 5. The number of imide groups is 1.